The average molecular weight is 431 g/mol. The highest BCUT2D eigenvalue weighted by Gasteiger charge is 2.35. The molecule has 2 saturated heterocycles. The molecular weight excluding hydrogens is 400 g/mol. The molecule has 0 radical (unpaired) electrons. The Morgan fingerprint density at radius 1 is 1.16 bits per heavy atom. The quantitative estimate of drug-likeness (QED) is 0.731. The minimum atomic E-state index is -0.491. The molecule has 0 spiro atoms. The summed E-state index contributed by atoms with van der Waals surface area (Å²) in [6.45, 7) is 9.87. The summed E-state index contributed by atoms with van der Waals surface area (Å²) in [5, 5.41) is 4.14. The number of carbonyl (C=O) groups is 2. The zero-order valence-corrected chi connectivity index (χ0v) is 18.6. The van der Waals surface area contributed by atoms with E-state index in [-0.39, 0.29) is 18.1 Å². The second-order valence-corrected chi connectivity index (χ2v) is 9.36. The Hall–Kier alpha value is -2.91. The summed E-state index contributed by atoms with van der Waals surface area (Å²) in [5.74, 6) is 1.53. The van der Waals surface area contributed by atoms with Crippen LogP contribution in [0.4, 0.5) is 4.79 Å². The van der Waals surface area contributed by atoms with Crippen LogP contribution in [-0.4, -0.2) is 79.3 Å². The Kier molecular flexibility index (Phi) is 5.72. The molecule has 0 aromatic carbocycles. The van der Waals surface area contributed by atoms with Crippen LogP contribution in [0.1, 0.15) is 45.7 Å². The number of aromatic nitrogens is 4. The number of hydrogen-bond donors (Lipinski definition) is 0. The van der Waals surface area contributed by atoms with Gasteiger partial charge in [-0.2, -0.15) is 14.6 Å². The maximum atomic E-state index is 12.6. The van der Waals surface area contributed by atoms with Gasteiger partial charge in [0.05, 0.1) is 13.1 Å². The van der Waals surface area contributed by atoms with Gasteiger partial charge in [0.2, 0.25) is 11.8 Å². The molecule has 0 atom stereocenters. The standard InChI is InChI=1S/C21H30N6O4/c1-14-9-18(27-19(24-14)22-13-23-27)30-16-11-26(12-16)17(28)10-15-5-7-25(8-6-15)20(29)31-21(2,3)4/h9,13,15-16H,5-8,10-12H2,1-4H3. The zero-order valence-electron chi connectivity index (χ0n) is 18.6. The van der Waals surface area contributed by atoms with Gasteiger partial charge in [0.25, 0.3) is 5.78 Å². The van der Waals surface area contributed by atoms with Crippen LogP contribution in [0.25, 0.3) is 5.78 Å². The van der Waals surface area contributed by atoms with Crippen LogP contribution >= 0.6 is 0 Å². The molecule has 0 aliphatic carbocycles. The van der Waals surface area contributed by atoms with Crippen LogP contribution in [0.15, 0.2) is 12.4 Å². The van der Waals surface area contributed by atoms with E-state index in [1.807, 2.05) is 38.7 Å². The molecule has 4 rings (SSSR count). The fourth-order valence-electron chi connectivity index (χ4n) is 3.89. The normalized spacial score (nSPS) is 18.2. The van der Waals surface area contributed by atoms with Crippen LogP contribution < -0.4 is 4.74 Å². The highest BCUT2D eigenvalue weighted by atomic mass is 16.6. The number of nitrogens with zero attached hydrogens (tertiary/aromatic N) is 6. The first-order valence-corrected chi connectivity index (χ1v) is 10.8. The topological polar surface area (TPSA) is 102 Å². The molecule has 2 aliphatic heterocycles. The van der Waals surface area contributed by atoms with E-state index >= 15 is 0 Å². The highest BCUT2D eigenvalue weighted by Crippen LogP contribution is 2.25. The van der Waals surface area contributed by atoms with E-state index in [2.05, 4.69) is 15.1 Å². The molecule has 10 heteroatoms. The molecule has 2 aliphatic rings. The molecule has 0 bridgehead atoms. The van der Waals surface area contributed by atoms with Crippen molar-refractivity contribution in [1.82, 2.24) is 29.4 Å². The third-order valence-electron chi connectivity index (χ3n) is 5.56. The van der Waals surface area contributed by atoms with Gasteiger partial charge in [0, 0.05) is 31.3 Å². The number of hydrogen-bond acceptors (Lipinski definition) is 7. The number of rotatable bonds is 4. The second kappa shape index (κ2) is 8.32. The molecule has 168 valence electrons. The maximum absolute atomic E-state index is 12.6. The fourth-order valence-corrected chi connectivity index (χ4v) is 3.89. The minimum absolute atomic E-state index is 0.0628. The Balaban J connectivity index is 1.21. The van der Waals surface area contributed by atoms with Crippen LogP contribution in [0.2, 0.25) is 0 Å². The average Bonchev–Trinajstić information content (AvgIpc) is 3.11. The van der Waals surface area contributed by atoms with Crippen LogP contribution in [0.5, 0.6) is 5.88 Å². The number of amides is 2. The Labute approximate surface area is 181 Å². The molecule has 0 unspecified atom stereocenters. The molecule has 4 heterocycles. The summed E-state index contributed by atoms with van der Waals surface area (Å²) in [6, 6.07) is 1.82. The second-order valence-electron chi connectivity index (χ2n) is 9.36. The van der Waals surface area contributed by atoms with Gasteiger partial charge in [-0.1, -0.05) is 0 Å². The monoisotopic (exact) mass is 430 g/mol. The SMILES string of the molecule is Cc1cc(OC2CN(C(=O)CC3CCN(C(=O)OC(C)(C)C)CC3)C2)n2ncnc2n1. The smallest absolute Gasteiger partial charge is 0.410 e. The van der Waals surface area contributed by atoms with Crippen molar-refractivity contribution in [3.05, 3.63) is 18.1 Å². The van der Waals surface area contributed by atoms with E-state index in [9.17, 15) is 9.59 Å². The first-order valence-electron chi connectivity index (χ1n) is 10.8. The first-order chi connectivity index (χ1) is 14.7. The van der Waals surface area contributed by atoms with E-state index in [0.29, 0.717) is 50.2 Å². The van der Waals surface area contributed by atoms with Crippen molar-refractivity contribution in [2.45, 2.75) is 58.7 Å². The minimum Gasteiger partial charge on any atom is -0.470 e. The van der Waals surface area contributed by atoms with E-state index in [1.165, 1.54) is 6.33 Å². The van der Waals surface area contributed by atoms with Gasteiger partial charge < -0.3 is 19.3 Å². The van der Waals surface area contributed by atoms with Crippen molar-refractivity contribution >= 4 is 17.8 Å². The molecule has 2 aromatic heterocycles. The third-order valence-corrected chi connectivity index (χ3v) is 5.56. The van der Waals surface area contributed by atoms with Crippen molar-refractivity contribution < 1.29 is 19.1 Å². The van der Waals surface area contributed by atoms with Crippen molar-refractivity contribution in [3.63, 3.8) is 0 Å². The highest BCUT2D eigenvalue weighted by molar-refractivity contribution is 5.77. The van der Waals surface area contributed by atoms with Crippen LogP contribution in [0, 0.1) is 12.8 Å². The Bertz CT molecular complexity index is 954. The van der Waals surface area contributed by atoms with Gasteiger partial charge in [-0.3, -0.25) is 4.79 Å². The van der Waals surface area contributed by atoms with Crippen LogP contribution in [0.3, 0.4) is 0 Å². The number of ether oxygens (including phenoxy) is 2. The lowest BCUT2D eigenvalue weighted by Crippen LogP contribution is -2.56. The first kappa shape index (κ1) is 21.3. The van der Waals surface area contributed by atoms with Crippen molar-refractivity contribution in [3.8, 4) is 5.88 Å². The van der Waals surface area contributed by atoms with E-state index in [1.54, 1.807) is 9.42 Å². The molecule has 10 nitrogen and oxygen atoms in total. The predicted octanol–water partition coefficient (Wildman–Crippen LogP) is 2.06. The van der Waals surface area contributed by atoms with Gasteiger partial charge in [0.15, 0.2) is 0 Å². The number of carbonyl (C=O) groups excluding carboxylic acids is 2. The molecule has 2 amide bonds. The summed E-state index contributed by atoms with van der Waals surface area (Å²) in [5.41, 5.74) is 0.315. The number of aryl methyl sites for hydroxylation is 1. The van der Waals surface area contributed by atoms with Crippen molar-refractivity contribution in [1.29, 1.82) is 0 Å². The zero-order chi connectivity index (χ0) is 22.2. The van der Waals surface area contributed by atoms with E-state index in [0.717, 1.165) is 18.5 Å². The number of piperidine rings is 1. The molecule has 0 N–H and O–H groups in total. The molecule has 2 aromatic rings. The van der Waals surface area contributed by atoms with Crippen molar-refractivity contribution in [2.24, 2.45) is 5.92 Å². The lowest BCUT2D eigenvalue weighted by Gasteiger charge is -2.40. The third kappa shape index (κ3) is 5.05. The van der Waals surface area contributed by atoms with Crippen LogP contribution in [-0.2, 0) is 9.53 Å². The van der Waals surface area contributed by atoms with Gasteiger partial charge in [0.1, 0.15) is 18.0 Å². The van der Waals surface area contributed by atoms with E-state index < -0.39 is 5.60 Å². The Morgan fingerprint density at radius 2 is 1.87 bits per heavy atom. The summed E-state index contributed by atoms with van der Waals surface area (Å²) in [6.07, 6.45) is 3.26. The summed E-state index contributed by atoms with van der Waals surface area (Å²) >= 11 is 0. The lowest BCUT2D eigenvalue weighted by molar-refractivity contribution is -0.141. The molecule has 31 heavy (non-hydrogen) atoms. The van der Waals surface area contributed by atoms with Crippen molar-refractivity contribution in [2.75, 3.05) is 26.2 Å². The van der Waals surface area contributed by atoms with Gasteiger partial charge in [-0.25, -0.2) is 9.78 Å². The molecular formula is C21H30N6O4. The number of fused-ring (bicyclic) bond motifs is 1. The molecule has 0 saturated carbocycles. The lowest BCUT2D eigenvalue weighted by atomic mass is 9.92. The summed E-state index contributed by atoms with van der Waals surface area (Å²) in [4.78, 5) is 36.8. The van der Waals surface area contributed by atoms with E-state index in [4.69, 9.17) is 9.47 Å². The molecule has 2 fully saturated rings. The van der Waals surface area contributed by atoms with Gasteiger partial charge in [-0.15, -0.1) is 0 Å². The summed E-state index contributed by atoms with van der Waals surface area (Å²) < 4.78 is 13.0. The summed E-state index contributed by atoms with van der Waals surface area (Å²) in [7, 11) is 0. The number of likely N-dealkylation sites (tertiary alicyclic amines) is 2. The maximum Gasteiger partial charge on any atom is 0.410 e. The van der Waals surface area contributed by atoms with Gasteiger partial charge in [-0.05, 0) is 46.5 Å². The van der Waals surface area contributed by atoms with Gasteiger partial charge >= 0.3 is 6.09 Å². The largest absolute Gasteiger partial charge is 0.470 e. The fraction of sp³-hybridized carbons (Fsp3) is 0.667. The Morgan fingerprint density at radius 3 is 2.55 bits per heavy atom. The predicted molar refractivity (Wildman–Crippen MR) is 112 cm³/mol.